The number of ether oxygens (including phenoxy) is 1. The van der Waals surface area contributed by atoms with Crippen molar-refractivity contribution in [2.45, 2.75) is 6.04 Å². The van der Waals surface area contributed by atoms with Crippen molar-refractivity contribution in [3.05, 3.63) is 62.6 Å². The number of methoxy groups -OCH3 is 1. The van der Waals surface area contributed by atoms with Gasteiger partial charge in [0.15, 0.2) is 0 Å². The summed E-state index contributed by atoms with van der Waals surface area (Å²) >= 11 is 17.9. The van der Waals surface area contributed by atoms with E-state index >= 15 is 0 Å². The number of halogens is 3. The van der Waals surface area contributed by atoms with Gasteiger partial charge in [-0.25, -0.2) is 0 Å². The van der Waals surface area contributed by atoms with Gasteiger partial charge in [-0.2, -0.15) is 0 Å². The zero-order valence-corrected chi connectivity index (χ0v) is 12.4. The smallest absolute Gasteiger partial charge is 0.137 e. The highest BCUT2D eigenvalue weighted by atomic mass is 35.5. The normalized spacial score (nSPS) is 12.3. The molecule has 0 saturated carbocycles. The summed E-state index contributed by atoms with van der Waals surface area (Å²) in [6.45, 7) is 0. The van der Waals surface area contributed by atoms with E-state index < -0.39 is 0 Å². The molecule has 19 heavy (non-hydrogen) atoms. The quantitative estimate of drug-likeness (QED) is 0.890. The molecular weight excluding hydrogens is 305 g/mol. The van der Waals surface area contributed by atoms with Gasteiger partial charge in [-0.3, -0.25) is 0 Å². The van der Waals surface area contributed by atoms with Gasteiger partial charge >= 0.3 is 0 Å². The van der Waals surface area contributed by atoms with Crippen LogP contribution in [0.15, 0.2) is 36.4 Å². The maximum Gasteiger partial charge on any atom is 0.137 e. The van der Waals surface area contributed by atoms with E-state index in [0.717, 1.165) is 11.1 Å². The third-order valence-electron chi connectivity index (χ3n) is 2.78. The maximum absolute atomic E-state index is 6.21. The molecule has 0 radical (unpaired) electrons. The second-order valence-electron chi connectivity index (χ2n) is 4.07. The summed E-state index contributed by atoms with van der Waals surface area (Å²) < 4.78 is 5.18. The van der Waals surface area contributed by atoms with Crippen molar-refractivity contribution < 1.29 is 4.74 Å². The minimum atomic E-state index is -0.345. The first-order valence-corrected chi connectivity index (χ1v) is 6.69. The van der Waals surface area contributed by atoms with Gasteiger partial charge in [0.25, 0.3) is 0 Å². The molecule has 2 nitrogen and oxygen atoms in total. The lowest BCUT2D eigenvalue weighted by Gasteiger charge is -2.15. The van der Waals surface area contributed by atoms with Gasteiger partial charge in [-0.05, 0) is 41.5 Å². The molecule has 0 aliphatic rings. The summed E-state index contributed by atoms with van der Waals surface area (Å²) in [5.41, 5.74) is 7.92. The van der Waals surface area contributed by atoms with Crippen LogP contribution in [0.5, 0.6) is 5.75 Å². The van der Waals surface area contributed by atoms with Crippen LogP contribution in [-0.4, -0.2) is 7.11 Å². The average Bonchev–Trinajstić information content (AvgIpc) is 2.37. The first-order chi connectivity index (χ1) is 9.01. The molecule has 0 spiro atoms. The molecule has 2 aromatic rings. The van der Waals surface area contributed by atoms with Gasteiger partial charge < -0.3 is 10.5 Å². The summed E-state index contributed by atoms with van der Waals surface area (Å²) in [6, 6.07) is 10.3. The zero-order chi connectivity index (χ0) is 14.0. The molecule has 1 unspecified atom stereocenters. The van der Waals surface area contributed by atoms with Gasteiger partial charge in [0, 0.05) is 10.0 Å². The summed E-state index contributed by atoms with van der Waals surface area (Å²) in [5, 5.41) is 1.65. The summed E-state index contributed by atoms with van der Waals surface area (Å²) in [5.74, 6) is 0.586. The van der Waals surface area contributed by atoms with Crippen LogP contribution in [0.3, 0.4) is 0 Å². The Bertz CT molecular complexity index is 581. The fourth-order valence-corrected chi connectivity index (χ4v) is 2.55. The van der Waals surface area contributed by atoms with Crippen LogP contribution >= 0.6 is 34.8 Å². The highest BCUT2D eigenvalue weighted by molar-refractivity contribution is 6.34. The molecule has 2 aromatic carbocycles. The molecule has 0 fully saturated rings. The Kier molecular flexibility index (Phi) is 4.58. The van der Waals surface area contributed by atoms with Gasteiger partial charge in [-0.15, -0.1) is 0 Å². The predicted octanol–water partition coefficient (Wildman–Crippen LogP) is 4.70. The maximum atomic E-state index is 6.21. The molecule has 0 amide bonds. The van der Waals surface area contributed by atoms with E-state index in [-0.39, 0.29) is 6.04 Å². The van der Waals surface area contributed by atoms with Crippen molar-refractivity contribution in [3.8, 4) is 5.75 Å². The zero-order valence-electron chi connectivity index (χ0n) is 10.2. The topological polar surface area (TPSA) is 35.2 Å². The van der Waals surface area contributed by atoms with Crippen LogP contribution in [0.1, 0.15) is 17.2 Å². The Labute approximate surface area is 127 Å². The highest BCUT2D eigenvalue weighted by Crippen LogP contribution is 2.31. The van der Waals surface area contributed by atoms with E-state index in [1.807, 2.05) is 12.1 Å². The second kappa shape index (κ2) is 6.02. The van der Waals surface area contributed by atoms with Crippen LogP contribution < -0.4 is 10.5 Å². The van der Waals surface area contributed by atoms with Crippen molar-refractivity contribution in [1.82, 2.24) is 0 Å². The molecule has 0 aliphatic carbocycles. The fourth-order valence-electron chi connectivity index (χ4n) is 1.82. The first kappa shape index (κ1) is 14.5. The number of nitrogens with two attached hydrogens (primary N) is 1. The van der Waals surface area contributed by atoms with Crippen LogP contribution in [0.4, 0.5) is 0 Å². The molecule has 0 heterocycles. The number of benzene rings is 2. The van der Waals surface area contributed by atoms with Crippen LogP contribution in [0.25, 0.3) is 0 Å². The summed E-state index contributed by atoms with van der Waals surface area (Å²) in [7, 11) is 1.56. The lowest BCUT2D eigenvalue weighted by molar-refractivity contribution is 0.414. The van der Waals surface area contributed by atoms with E-state index in [9.17, 15) is 0 Å². The van der Waals surface area contributed by atoms with E-state index in [0.29, 0.717) is 20.8 Å². The Morgan fingerprint density at radius 2 is 1.58 bits per heavy atom. The van der Waals surface area contributed by atoms with E-state index in [4.69, 9.17) is 45.3 Å². The van der Waals surface area contributed by atoms with Crippen molar-refractivity contribution in [2.24, 2.45) is 5.73 Å². The van der Waals surface area contributed by atoms with Crippen LogP contribution in [-0.2, 0) is 0 Å². The molecular formula is C14H12Cl3NO. The largest absolute Gasteiger partial charge is 0.495 e. The number of hydrogen-bond donors (Lipinski definition) is 1. The molecule has 5 heteroatoms. The fraction of sp³-hybridized carbons (Fsp3) is 0.143. The molecule has 1 atom stereocenters. The molecule has 0 aliphatic heterocycles. The SMILES string of the molecule is COc1cc(C(N)c2cc(Cl)cc(Cl)c2)ccc1Cl. The van der Waals surface area contributed by atoms with Crippen LogP contribution in [0, 0.1) is 0 Å². The van der Waals surface area contributed by atoms with Gasteiger partial charge in [0.2, 0.25) is 0 Å². The minimum Gasteiger partial charge on any atom is -0.495 e. The standard InChI is InChI=1S/C14H12Cl3NO/c1-19-13-6-8(2-3-12(13)17)14(18)9-4-10(15)7-11(16)5-9/h2-7,14H,18H2,1H3. The molecule has 100 valence electrons. The Hall–Kier alpha value is -0.930. The molecule has 0 aromatic heterocycles. The molecule has 0 saturated heterocycles. The molecule has 2 N–H and O–H groups in total. The first-order valence-electron chi connectivity index (χ1n) is 5.56. The van der Waals surface area contributed by atoms with E-state index in [2.05, 4.69) is 0 Å². The molecule has 0 bridgehead atoms. The lowest BCUT2D eigenvalue weighted by Crippen LogP contribution is -2.12. The molecule has 2 rings (SSSR count). The van der Waals surface area contributed by atoms with Crippen molar-refractivity contribution in [1.29, 1.82) is 0 Å². The van der Waals surface area contributed by atoms with E-state index in [1.165, 1.54) is 0 Å². The minimum absolute atomic E-state index is 0.345. The average molecular weight is 317 g/mol. The second-order valence-corrected chi connectivity index (χ2v) is 5.35. The van der Waals surface area contributed by atoms with Gasteiger partial charge in [-0.1, -0.05) is 40.9 Å². The lowest BCUT2D eigenvalue weighted by atomic mass is 9.99. The monoisotopic (exact) mass is 315 g/mol. The third-order valence-corrected chi connectivity index (χ3v) is 3.53. The highest BCUT2D eigenvalue weighted by Gasteiger charge is 2.12. The third kappa shape index (κ3) is 3.34. The number of hydrogen-bond acceptors (Lipinski definition) is 2. The van der Waals surface area contributed by atoms with Crippen LogP contribution in [0.2, 0.25) is 15.1 Å². The van der Waals surface area contributed by atoms with Crippen molar-refractivity contribution in [2.75, 3.05) is 7.11 Å². The van der Waals surface area contributed by atoms with Crippen molar-refractivity contribution >= 4 is 34.8 Å². The van der Waals surface area contributed by atoms with Gasteiger partial charge in [0.1, 0.15) is 5.75 Å². The summed E-state index contributed by atoms with van der Waals surface area (Å²) in [6.07, 6.45) is 0. The predicted molar refractivity (Wildman–Crippen MR) is 80.5 cm³/mol. The Balaban J connectivity index is 2.40. The van der Waals surface area contributed by atoms with Gasteiger partial charge in [0.05, 0.1) is 18.2 Å². The Morgan fingerprint density at radius 1 is 0.947 bits per heavy atom. The van der Waals surface area contributed by atoms with Crippen molar-refractivity contribution in [3.63, 3.8) is 0 Å². The van der Waals surface area contributed by atoms with E-state index in [1.54, 1.807) is 31.4 Å². The number of rotatable bonds is 3. The Morgan fingerprint density at radius 3 is 2.16 bits per heavy atom. The summed E-state index contributed by atoms with van der Waals surface area (Å²) in [4.78, 5) is 0.